The molecule has 0 saturated heterocycles. The predicted octanol–water partition coefficient (Wildman–Crippen LogP) is 2.21. The van der Waals surface area contributed by atoms with E-state index in [1.54, 1.807) is 13.8 Å². The second-order valence-corrected chi connectivity index (χ2v) is 4.12. The topological polar surface area (TPSA) is 55.4 Å². The van der Waals surface area contributed by atoms with Crippen LogP contribution in [0.1, 0.15) is 35.7 Å². The summed E-state index contributed by atoms with van der Waals surface area (Å²) in [6.45, 7) is 4.17. The Labute approximate surface area is 112 Å². The molecule has 19 heavy (non-hydrogen) atoms. The lowest BCUT2D eigenvalue weighted by Crippen LogP contribution is -2.25. The highest BCUT2D eigenvalue weighted by Crippen LogP contribution is 2.09. The van der Waals surface area contributed by atoms with Crippen molar-refractivity contribution in [2.24, 2.45) is 0 Å². The summed E-state index contributed by atoms with van der Waals surface area (Å²) in [6, 6.07) is 4.01. The standard InChI is InChI=1S/C14H18FNO3/c1-3-19-13(17)5-4-8-16-14(18)12-7-6-11(15)9-10(12)2/h6-7,9H,3-5,8H2,1-2H3,(H,16,18). The zero-order chi connectivity index (χ0) is 14.3. The number of carbonyl (C=O) groups is 2. The van der Waals surface area contributed by atoms with Crippen LogP contribution in [0.5, 0.6) is 0 Å². The average molecular weight is 267 g/mol. The van der Waals surface area contributed by atoms with Crippen molar-refractivity contribution in [1.29, 1.82) is 0 Å². The van der Waals surface area contributed by atoms with E-state index in [0.717, 1.165) is 0 Å². The van der Waals surface area contributed by atoms with Gasteiger partial charge in [-0.05, 0) is 44.0 Å². The van der Waals surface area contributed by atoms with Crippen molar-refractivity contribution in [2.45, 2.75) is 26.7 Å². The number of aryl methyl sites for hydroxylation is 1. The maximum atomic E-state index is 12.9. The van der Waals surface area contributed by atoms with Crippen molar-refractivity contribution in [3.8, 4) is 0 Å². The van der Waals surface area contributed by atoms with Gasteiger partial charge in [-0.15, -0.1) is 0 Å². The summed E-state index contributed by atoms with van der Waals surface area (Å²) in [5.41, 5.74) is 1.03. The fourth-order valence-electron chi connectivity index (χ4n) is 1.64. The summed E-state index contributed by atoms with van der Waals surface area (Å²) in [4.78, 5) is 22.9. The number of benzene rings is 1. The maximum absolute atomic E-state index is 12.9. The molecule has 1 rings (SSSR count). The van der Waals surface area contributed by atoms with Crippen LogP contribution < -0.4 is 5.32 Å². The third-order valence-electron chi connectivity index (χ3n) is 2.58. The number of hydrogen-bond donors (Lipinski definition) is 1. The fourth-order valence-corrected chi connectivity index (χ4v) is 1.64. The predicted molar refractivity (Wildman–Crippen MR) is 69.3 cm³/mol. The molecule has 4 nitrogen and oxygen atoms in total. The summed E-state index contributed by atoms with van der Waals surface area (Å²) in [5.74, 6) is -0.896. The molecule has 1 N–H and O–H groups in total. The molecular weight excluding hydrogens is 249 g/mol. The minimum absolute atomic E-state index is 0.263. The van der Waals surface area contributed by atoms with E-state index in [4.69, 9.17) is 4.74 Å². The van der Waals surface area contributed by atoms with E-state index in [9.17, 15) is 14.0 Å². The van der Waals surface area contributed by atoms with Gasteiger partial charge in [0.15, 0.2) is 0 Å². The largest absolute Gasteiger partial charge is 0.466 e. The van der Waals surface area contributed by atoms with Crippen molar-refractivity contribution in [1.82, 2.24) is 5.32 Å². The number of amides is 1. The van der Waals surface area contributed by atoms with E-state index in [-0.39, 0.29) is 24.1 Å². The third kappa shape index (κ3) is 5.07. The lowest BCUT2D eigenvalue weighted by atomic mass is 10.1. The van der Waals surface area contributed by atoms with Crippen LogP contribution in [0.2, 0.25) is 0 Å². The van der Waals surface area contributed by atoms with E-state index in [1.807, 2.05) is 0 Å². The van der Waals surface area contributed by atoms with Crippen LogP contribution in [0.25, 0.3) is 0 Å². The molecule has 0 saturated carbocycles. The molecule has 0 fully saturated rings. The Morgan fingerprint density at radius 1 is 1.37 bits per heavy atom. The van der Waals surface area contributed by atoms with E-state index in [1.165, 1.54) is 18.2 Å². The lowest BCUT2D eigenvalue weighted by Gasteiger charge is -2.07. The highest BCUT2D eigenvalue weighted by Gasteiger charge is 2.09. The Morgan fingerprint density at radius 2 is 2.11 bits per heavy atom. The van der Waals surface area contributed by atoms with Crippen LogP contribution in [0, 0.1) is 12.7 Å². The number of carbonyl (C=O) groups excluding carboxylic acids is 2. The molecule has 0 aliphatic heterocycles. The summed E-state index contributed by atoms with van der Waals surface area (Å²) >= 11 is 0. The molecule has 0 heterocycles. The molecule has 1 amide bonds. The molecule has 5 heteroatoms. The highest BCUT2D eigenvalue weighted by molar-refractivity contribution is 5.95. The number of esters is 1. The first-order valence-corrected chi connectivity index (χ1v) is 6.24. The normalized spacial score (nSPS) is 10.1. The molecule has 1 aromatic rings. The van der Waals surface area contributed by atoms with E-state index < -0.39 is 0 Å². The second-order valence-electron chi connectivity index (χ2n) is 4.12. The van der Waals surface area contributed by atoms with Gasteiger partial charge in [0.25, 0.3) is 5.91 Å². The van der Waals surface area contributed by atoms with E-state index >= 15 is 0 Å². The Balaban J connectivity index is 2.37. The molecule has 0 aliphatic carbocycles. The van der Waals surface area contributed by atoms with Crippen molar-refractivity contribution in [2.75, 3.05) is 13.2 Å². The maximum Gasteiger partial charge on any atom is 0.305 e. The van der Waals surface area contributed by atoms with Crippen LogP contribution in [0.3, 0.4) is 0 Å². The van der Waals surface area contributed by atoms with E-state index in [2.05, 4.69) is 5.32 Å². The first kappa shape index (κ1) is 15.1. The van der Waals surface area contributed by atoms with Crippen LogP contribution in [-0.2, 0) is 9.53 Å². The minimum Gasteiger partial charge on any atom is -0.466 e. The van der Waals surface area contributed by atoms with Gasteiger partial charge in [-0.3, -0.25) is 9.59 Å². The third-order valence-corrected chi connectivity index (χ3v) is 2.58. The van der Waals surface area contributed by atoms with Crippen LogP contribution in [0.4, 0.5) is 4.39 Å². The fraction of sp³-hybridized carbons (Fsp3) is 0.429. The summed E-state index contributed by atoms with van der Waals surface area (Å²) < 4.78 is 17.7. The SMILES string of the molecule is CCOC(=O)CCCNC(=O)c1ccc(F)cc1C. The van der Waals surface area contributed by atoms with Gasteiger partial charge in [0.05, 0.1) is 6.61 Å². The number of nitrogens with one attached hydrogen (secondary N) is 1. The van der Waals surface area contributed by atoms with Crippen molar-refractivity contribution < 1.29 is 18.7 Å². The first-order chi connectivity index (χ1) is 9.04. The van der Waals surface area contributed by atoms with Gasteiger partial charge in [-0.2, -0.15) is 0 Å². The van der Waals surface area contributed by atoms with Gasteiger partial charge in [0.1, 0.15) is 5.82 Å². The van der Waals surface area contributed by atoms with Crippen molar-refractivity contribution in [3.63, 3.8) is 0 Å². The Hall–Kier alpha value is -1.91. The van der Waals surface area contributed by atoms with Gasteiger partial charge in [-0.25, -0.2) is 4.39 Å². The summed E-state index contributed by atoms with van der Waals surface area (Å²) in [5, 5.41) is 2.69. The van der Waals surface area contributed by atoms with E-state index in [0.29, 0.717) is 30.7 Å². The number of hydrogen-bond acceptors (Lipinski definition) is 3. The Morgan fingerprint density at radius 3 is 2.74 bits per heavy atom. The van der Waals surface area contributed by atoms with Crippen LogP contribution in [-0.4, -0.2) is 25.0 Å². The number of ether oxygens (including phenoxy) is 1. The van der Waals surface area contributed by atoms with Crippen molar-refractivity contribution >= 4 is 11.9 Å². The summed E-state index contributed by atoms with van der Waals surface area (Å²) in [7, 11) is 0. The average Bonchev–Trinajstić information content (AvgIpc) is 2.34. The molecule has 0 aliphatic rings. The molecule has 1 aromatic carbocycles. The molecule has 104 valence electrons. The highest BCUT2D eigenvalue weighted by atomic mass is 19.1. The Bertz CT molecular complexity index is 460. The minimum atomic E-state index is -0.364. The summed E-state index contributed by atoms with van der Waals surface area (Å²) in [6.07, 6.45) is 0.793. The lowest BCUT2D eigenvalue weighted by molar-refractivity contribution is -0.143. The zero-order valence-electron chi connectivity index (χ0n) is 11.2. The molecule has 0 unspecified atom stereocenters. The van der Waals surface area contributed by atoms with Gasteiger partial charge >= 0.3 is 5.97 Å². The molecule has 0 aromatic heterocycles. The van der Waals surface area contributed by atoms with Crippen LogP contribution >= 0.6 is 0 Å². The zero-order valence-corrected chi connectivity index (χ0v) is 11.2. The van der Waals surface area contributed by atoms with Gasteiger partial charge < -0.3 is 10.1 Å². The smallest absolute Gasteiger partial charge is 0.305 e. The molecule has 0 atom stereocenters. The molecule has 0 bridgehead atoms. The number of halogens is 1. The van der Waals surface area contributed by atoms with Gasteiger partial charge in [0, 0.05) is 18.5 Å². The monoisotopic (exact) mass is 267 g/mol. The first-order valence-electron chi connectivity index (χ1n) is 6.24. The second kappa shape index (κ2) is 7.51. The molecule has 0 spiro atoms. The molecule has 0 radical (unpaired) electrons. The quantitative estimate of drug-likeness (QED) is 0.635. The molecular formula is C14H18FNO3. The van der Waals surface area contributed by atoms with Crippen LogP contribution in [0.15, 0.2) is 18.2 Å². The Kier molecular flexibility index (Phi) is 5.99. The van der Waals surface area contributed by atoms with Crippen molar-refractivity contribution in [3.05, 3.63) is 35.1 Å². The number of rotatable bonds is 6. The van der Waals surface area contributed by atoms with Gasteiger partial charge in [0.2, 0.25) is 0 Å². The van der Waals surface area contributed by atoms with Gasteiger partial charge in [-0.1, -0.05) is 0 Å².